The van der Waals surface area contributed by atoms with Crippen molar-refractivity contribution in [2.75, 3.05) is 0 Å². The number of carbonyl (C=O) groups is 2. The maximum atomic E-state index is 12.4. The first-order chi connectivity index (χ1) is 12.3. The zero-order valence-corrected chi connectivity index (χ0v) is 18.3. The summed E-state index contributed by atoms with van der Waals surface area (Å²) >= 11 is 7.44. The van der Waals surface area contributed by atoms with Gasteiger partial charge in [0.05, 0.1) is 16.7 Å². The molecule has 5 heteroatoms. The maximum Gasteiger partial charge on any atom is 0.342 e. The van der Waals surface area contributed by atoms with Crippen molar-refractivity contribution < 1.29 is 14.3 Å². The van der Waals surface area contributed by atoms with Gasteiger partial charge in [0, 0.05) is 16.7 Å². The van der Waals surface area contributed by atoms with Crippen LogP contribution in [0.2, 0.25) is 0 Å². The highest BCUT2D eigenvalue weighted by Gasteiger charge is 2.56. The first kappa shape index (κ1) is 19.8. The Morgan fingerprint density at radius 2 is 1.88 bits per heavy atom. The van der Waals surface area contributed by atoms with Crippen molar-refractivity contribution in [3.05, 3.63) is 47.7 Å². The molecule has 0 aliphatic heterocycles. The lowest BCUT2D eigenvalue weighted by Gasteiger charge is -2.56. The standard InChI is InChI=1S/C21H24Br2O3/c1-20(2)18(23)9-8-15(21(20)11-10-17(24)16(22)12-21)13-26-19(25)14-6-4-3-5-7-14/h3-7,13,16,18H,8-12H2,1-2H3/b15-13+/t16-,18+,21-/m0/s1. The predicted octanol–water partition coefficient (Wildman–Crippen LogP) is 5.81. The molecule has 0 saturated heterocycles. The van der Waals surface area contributed by atoms with Gasteiger partial charge < -0.3 is 4.74 Å². The lowest BCUT2D eigenvalue weighted by Crippen LogP contribution is -2.52. The van der Waals surface area contributed by atoms with E-state index in [9.17, 15) is 9.59 Å². The van der Waals surface area contributed by atoms with Crippen LogP contribution in [0.5, 0.6) is 0 Å². The highest BCUT2D eigenvalue weighted by atomic mass is 79.9. The van der Waals surface area contributed by atoms with Gasteiger partial charge in [-0.15, -0.1) is 0 Å². The molecule has 0 bridgehead atoms. The molecular weight excluding hydrogens is 460 g/mol. The first-order valence-electron chi connectivity index (χ1n) is 9.04. The number of hydrogen-bond acceptors (Lipinski definition) is 3. The van der Waals surface area contributed by atoms with E-state index in [-0.39, 0.29) is 27.4 Å². The van der Waals surface area contributed by atoms with Crippen LogP contribution < -0.4 is 0 Å². The van der Waals surface area contributed by atoms with Gasteiger partial charge in [0.1, 0.15) is 5.78 Å². The molecule has 3 atom stereocenters. The van der Waals surface area contributed by atoms with Crippen molar-refractivity contribution in [2.24, 2.45) is 10.8 Å². The number of alkyl halides is 2. The number of ketones is 1. The van der Waals surface area contributed by atoms with E-state index in [1.807, 2.05) is 18.2 Å². The fourth-order valence-corrected chi connectivity index (χ4v) is 5.88. The SMILES string of the molecule is CC1(C)[C@H](Br)CC/C(=C\OC(=O)c2ccccc2)[C@@]12CCC(=O)[C@@H](Br)C2. The molecule has 0 N–H and O–H groups in total. The average Bonchev–Trinajstić information content (AvgIpc) is 2.63. The maximum absolute atomic E-state index is 12.4. The molecule has 1 aromatic rings. The summed E-state index contributed by atoms with van der Waals surface area (Å²) in [4.78, 5) is 24.7. The van der Waals surface area contributed by atoms with Gasteiger partial charge >= 0.3 is 5.97 Å². The lowest BCUT2D eigenvalue weighted by molar-refractivity contribution is -0.123. The number of halogens is 2. The molecular formula is C21H24Br2O3. The summed E-state index contributed by atoms with van der Waals surface area (Å²) in [5.41, 5.74) is 1.50. The molecule has 1 aromatic carbocycles. The lowest BCUT2D eigenvalue weighted by atomic mass is 9.50. The van der Waals surface area contributed by atoms with E-state index < -0.39 is 0 Å². The van der Waals surface area contributed by atoms with E-state index in [4.69, 9.17) is 4.74 Å². The molecule has 0 unspecified atom stereocenters. The summed E-state index contributed by atoms with van der Waals surface area (Å²) < 4.78 is 5.57. The normalized spacial score (nSPS) is 32.6. The minimum absolute atomic E-state index is 0.0387. The Kier molecular flexibility index (Phi) is 5.78. The Morgan fingerprint density at radius 3 is 2.54 bits per heavy atom. The third kappa shape index (κ3) is 3.45. The molecule has 2 fully saturated rings. The van der Waals surface area contributed by atoms with Crippen molar-refractivity contribution in [3.8, 4) is 0 Å². The summed E-state index contributed by atoms with van der Waals surface area (Å²) in [5.74, 6) is -0.0712. The molecule has 2 saturated carbocycles. The van der Waals surface area contributed by atoms with Crippen LogP contribution >= 0.6 is 31.9 Å². The van der Waals surface area contributed by atoms with E-state index in [1.165, 1.54) is 0 Å². The molecule has 0 aromatic heterocycles. The van der Waals surface area contributed by atoms with Gasteiger partial charge in [-0.05, 0) is 48.8 Å². The summed E-state index contributed by atoms with van der Waals surface area (Å²) in [6.45, 7) is 4.52. The number of rotatable bonds is 2. The molecule has 0 amide bonds. The van der Waals surface area contributed by atoms with Crippen LogP contribution in [0.25, 0.3) is 0 Å². The number of hydrogen-bond donors (Lipinski definition) is 0. The van der Waals surface area contributed by atoms with Gasteiger partial charge in [0.2, 0.25) is 0 Å². The summed E-state index contributed by atoms with van der Waals surface area (Å²) in [6.07, 6.45) is 5.64. The molecule has 0 radical (unpaired) electrons. The fourth-order valence-electron chi connectivity index (χ4n) is 4.43. The largest absolute Gasteiger partial charge is 0.431 e. The molecule has 26 heavy (non-hydrogen) atoms. The van der Waals surface area contributed by atoms with Crippen LogP contribution in [0.1, 0.15) is 56.3 Å². The fraction of sp³-hybridized carbons (Fsp3) is 0.524. The second-order valence-corrected chi connectivity index (χ2v) is 10.1. The van der Waals surface area contributed by atoms with Crippen molar-refractivity contribution in [2.45, 2.75) is 55.6 Å². The van der Waals surface area contributed by atoms with Gasteiger partial charge in [0.25, 0.3) is 0 Å². The van der Waals surface area contributed by atoms with Gasteiger partial charge in [-0.2, -0.15) is 0 Å². The number of carbonyl (C=O) groups excluding carboxylic acids is 2. The zero-order chi connectivity index (χ0) is 18.9. The Labute approximate surface area is 171 Å². The zero-order valence-electron chi connectivity index (χ0n) is 15.1. The van der Waals surface area contributed by atoms with Crippen molar-refractivity contribution in [1.82, 2.24) is 0 Å². The van der Waals surface area contributed by atoms with E-state index in [0.717, 1.165) is 31.3 Å². The highest BCUT2D eigenvalue weighted by molar-refractivity contribution is 9.10. The number of Topliss-reactive ketones (excluding diaryl/α,β-unsaturated/α-hetero) is 1. The van der Waals surface area contributed by atoms with Crippen molar-refractivity contribution in [1.29, 1.82) is 0 Å². The van der Waals surface area contributed by atoms with Gasteiger partial charge in [-0.25, -0.2) is 4.79 Å². The molecule has 3 nitrogen and oxygen atoms in total. The topological polar surface area (TPSA) is 43.4 Å². The van der Waals surface area contributed by atoms with Gasteiger partial charge in [-0.1, -0.05) is 63.9 Å². The van der Waals surface area contributed by atoms with E-state index in [1.54, 1.807) is 18.4 Å². The summed E-state index contributed by atoms with van der Waals surface area (Å²) in [7, 11) is 0. The number of ether oxygens (including phenoxy) is 1. The summed E-state index contributed by atoms with van der Waals surface area (Å²) in [6, 6.07) is 9.03. The number of allylic oxidation sites excluding steroid dienone is 1. The van der Waals surface area contributed by atoms with Crippen LogP contribution in [0.4, 0.5) is 0 Å². The first-order valence-corrected chi connectivity index (χ1v) is 10.9. The molecule has 0 heterocycles. The Hall–Kier alpha value is -0.940. The summed E-state index contributed by atoms with van der Waals surface area (Å²) in [5, 5.41) is 0. The van der Waals surface area contributed by atoms with Crippen LogP contribution in [-0.4, -0.2) is 21.4 Å². The van der Waals surface area contributed by atoms with E-state index in [2.05, 4.69) is 45.7 Å². The van der Waals surface area contributed by atoms with E-state index >= 15 is 0 Å². The minimum atomic E-state index is -0.339. The highest BCUT2D eigenvalue weighted by Crippen LogP contribution is 2.62. The molecule has 2 aliphatic rings. The molecule has 140 valence electrons. The van der Waals surface area contributed by atoms with Crippen molar-refractivity contribution >= 4 is 43.6 Å². The third-order valence-corrected chi connectivity index (χ3v) is 8.73. The second kappa shape index (κ2) is 7.59. The third-order valence-electron chi connectivity index (χ3n) is 6.29. The Bertz CT molecular complexity index is 726. The number of benzene rings is 1. The molecule has 2 aliphatic carbocycles. The predicted molar refractivity (Wildman–Crippen MR) is 110 cm³/mol. The monoisotopic (exact) mass is 482 g/mol. The van der Waals surface area contributed by atoms with Gasteiger partial charge in [0.15, 0.2) is 0 Å². The molecule has 1 spiro atoms. The molecule has 3 rings (SSSR count). The van der Waals surface area contributed by atoms with Crippen LogP contribution in [-0.2, 0) is 9.53 Å². The van der Waals surface area contributed by atoms with Crippen LogP contribution in [0.3, 0.4) is 0 Å². The Morgan fingerprint density at radius 1 is 1.19 bits per heavy atom. The average molecular weight is 484 g/mol. The van der Waals surface area contributed by atoms with E-state index in [0.29, 0.717) is 16.8 Å². The quantitative estimate of drug-likeness (QED) is 0.302. The van der Waals surface area contributed by atoms with Crippen molar-refractivity contribution in [3.63, 3.8) is 0 Å². The Balaban J connectivity index is 1.91. The second-order valence-electron chi connectivity index (χ2n) is 7.86. The number of esters is 1. The van der Waals surface area contributed by atoms with Gasteiger partial charge in [-0.3, -0.25) is 4.79 Å². The minimum Gasteiger partial charge on any atom is -0.431 e. The van der Waals surface area contributed by atoms with Crippen LogP contribution in [0, 0.1) is 10.8 Å². The smallest absolute Gasteiger partial charge is 0.342 e. The van der Waals surface area contributed by atoms with Crippen LogP contribution in [0.15, 0.2) is 42.2 Å².